The van der Waals surface area contributed by atoms with Crippen LogP contribution in [0.5, 0.6) is 0 Å². The Balaban J connectivity index is 2.14. The third kappa shape index (κ3) is 2.09. The van der Waals surface area contributed by atoms with Crippen molar-refractivity contribution in [2.45, 2.75) is 32.3 Å². The first-order valence-corrected chi connectivity index (χ1v) is 5.41. The molecule has 1 N–H and O–H groups in total. The first-order valence-electron chi connectivity index (χ1n) is 5.41. The van der Waals surface area contributed by atoms with Crippen LogP contribution < -0.4 is 0 Å². The van der Waals surface area contributed by atoms with Crippen LogP contribution in [0.4, 0.5) is 0 Å². The Hall–Kier alpha value is -1.36. The number of aryl methyl sites for hydroxylation is 1. The number of oxazole rings is 1. The molecule has 1 aromatic heterocycles. The van der Waals surface area contributed by atoms with E-state index in [2.05, 4.69) is 4.98 Å². The summed E-state index contributed by atoms with van der Waals surface area (Å²) in [6, 6.07) is 0. The molecular weight excluding hydrogens is 208 g/mol. The summed E-state index contributed by atoms with van der Waals surface area (Å²) in [5.41, 5.74) is -0.197. The van der Waals surface area contributed by atoms with Crippen molar-refractivity contribution >= 4 is 5.91 Å². The number of carbonyl (C=O) groups excluding carboxylic acids is 1. The van der Waals surface area contributed by atoms with E-state index in [1.165, 1.54) is 6.39 Å². The van der Waals surface area contributed by atoms with Crippen LogP contribution >= 0.6 is 0 Å². The van der Waals surface area contributed by atoms with Crippen LogP contribution in [0.1, 0.15) is 36.0 Å². The van der Waals surface area contributed by atoms with E-state index in [0.717, 1.165) is 12.8 Å². The van der Waals surface area contributed by atoms with Crippen molar-refractivity contribution in [3.05, 3.63) is 17.8 Å². The van der Waals surface area contributed by atoms with Gasteiger partial charge in [0.05, 0.1) is 11.3 Å². The molecule has 0 radical (unpaired) electrons. The van der Waals surface area contributed by atoms with Crippen LogP contribution in [0.2, 0.25) is 0 Å². The van der Waals surface area contributed by atoms with Crippen molar-refractivity contribution in [1.82, 2.24) is 9.88 Å². The number of likely N-dealkylation sites (tertiary alicyclic amines) is 1. The standard InChI is InChI=1S/C11H16N2O3/c1-8-9(16-7-12-8)10(14)13-5-3-4-11(2,15)6-13/h7,15H,3-6H2,1-2H3. The molecule has 0 saturated carbocycles. The fourth-order valence-electron chi connectivity index (χ4n) is 2.04. The second-order valence-corrected chi connectivity index (χ2v) is 4.59. The van der Waals surface area contributed by atoms with Crippen molar-refractivity contribution < 1.29 is 14.3 Å². The molecule has 1 fully saturated rings. The average molecular weight is 224 g/mol. The summed E-state index contributed by atoms with van der Waals surface area (Å²) in [4.78, 5) is 17.6. The molecule has 2 heterocycles. The molecule has 1 aliphatic heterocycles. The topological polar surface area (TPSA) is 66.6 Å². The van der Waals surface area contributed by atoms with Crippen molar-refractivity contribution in [3.8, 4) is 0 Å². The minimum Gasteiger partial charge on any atom is -0.438 e. The van der Waals surface area contributed by atoms with Crippen molar-refractivity contribution in [1.29, 1.82) is 0 Å². The first-order chi connectivity index (χ1) is 7.49. The van der Waals surface area contributed by atoms with Crippen LogP contribution in [0.25, 0.3) is 0 Å². The van der Waals surface area contributed by atoms with Gasteiger partial charge in [0, 0.05) is 13.1 Å². The summed E-state index contributed by atoms with van der Waals surface area (Å²) in [6.45, 7) is 4.50. The Morgan fingerprint density at radius 3 is 3.00 bits per heavy atom. The average Bonchev–Trinajstić information content (AvgIpc) is 2.62. The zero-order valence-corrected chi connectivity index (χ0v) is 9.56. The number of nitrogens with zero attached hydrogens (tertiary/aromatic N) is 2. The number of carbonyl (C=O) groups is 1. The lowest BCUT2D eigenvalue weighted by molar-refractivity contribution is -0.0117. The molecule has 1 saturated heterocycles. The summed E-state index contributed by atoms with van der Waals surface area (Å²) in [6.07, 6.45) is 2.81. The number of piperidine rings is 1. The maximum atomic E-state index is 12.1. The van der Waals surface area contributed by atoms with Crippen molar-refractivity contribution in [3.63, 3.8) is 0 Å². The number of aromatic nitrogens is 1. The predicted octanol–water partition coefficient (Wildman–Crippen LogP) is 0.970. The van der Waals surface area contributed by atoms with Gasteiger partial charge in [0.25, 0.3) is 5.91 Å². The second-order valence-electron chi connectivity index (χ2n) is 4.59. The molecule has 5 nitrogen and oxygen atoms in total. The quantitative estimate of drug-likeness (QED) is 0.771. The lowest BCUT2D eigenvalue weighted by atomic mass is 9.95. The van der Waals surface area contributed by atoms with E-state index in [4.69, 9.17) is 4.42 Å². The van der Waals surface area contributed by atoms with Crippen LogP contribution in [0, 0.1) is 6.92 Å². The molecule has 0 bridgehead atoms. The Kier molecular flexibility index (Phi) is 2.71. The molecule has 1 unspecified atom stereocenters. The Morgan fingerprint density at radius 1 is 1.69 bits per heavy atom. The predicted molar refractivity (Wildman–Crippen MR) is 57.0 cm³/mol. The molecule has 1 amide bonds. The largest absolute Gasteiger partial charge is 0.438 e. The SMILES string of the molecule is Cc1ncoc1C(=O)N1CCCC(C)(O)C1. The van der Waals surface area contributed by atoms with Gasteiger partial charge < -0.3 is 14.4 Å². The summed E-state index contributed by atoms with van der Waals surface area (Å²) in [5, 5.41) is 9.92. The van der Waals surface area contributed by atoms with Gasteiger partial charge in [0.2, 0.25) is 5.76 Å². The van der Waals surface area contributed by atoms with E-state index in [-0.39, 0.29) is 11.7 Å². The zero-order chi connectivity index (χ0) is 11.8. The van der Waals surface area contributed by atoms with Crippen LogP contribution in [-0.2, 0) is 0 Å². The normalized spacial score (nSPS) is 25.8. The number of β-amino-alcohol motifs (C(OH)–C–C–N with tert-alkyl or cyclic N) is 1. The molecule has 16 heavy (non-hydrogen) atoms. The Labute approximate surface area is 94.1 Å². The summed E-state index contributed by atoms with van der Waals surface area (Å²) in [7, 11) is 0. The van der Waals surface area contributed by atoms with Crippen LogP contribution in [0.15, 0.2) is 10.8 Å². The van der Waals surface area contributed by atoms with Crippen molar-refractivity contribution in [2.75, 3.05) is 13.1 Å². The monoisotopic (exact) mass is 224 g/mol. The van der Waals surface area contributed by atoms with Gasteiger partial charge in [0.1, 0.15) is 0 Å². The highest BCUT2D eigenvalue weighted by Gasteiger charge is 2.32. The molecule has 2 rings (SSSR count). The zero-order valence-electron chi connectivity index (χ0n) is 9.56. The van der Waals surface area contributed by atoms with Gasteiger partial charge in [-0.1, -0.05) is 0 Å². The number of hydrogen-bond acceptors (Lipinski definition) is 4. The van der Waals surface area contributed by atoms with E-state index < -0.39 is 5.60 Å². The highest BCUT2D eigenvalue weighted by Crippen LogP contribution is 2.22. The van der Waals surface area contributed by atoms with E-state index in [1.54, 1.807) is 18.7 Å². The molecule has 1 atom stereocenters. The van der Waals surface area contributed by atoms with Gasteiger partial charge in [-0.25, -0.2) is 4.98 Å². The van der Waals surface area contributed by atoms with Gasteiger partial charge in [0.15, 0.2) is 6.39 Å². The fourth-order valence-corrected chi connectivity index (χ4v) is 2.04. The first kappa shape index (κ1) is 11.1. The van der Waals surface area contributed by atoms with Gasteiger partial charge in [-0.05, 0) is 26.7 Å². The minimum absolute atomic E-state index is 0.185. The highest BCUT2D eigenvalue weighted by atomic mass is 16.4. The number of hydrogen-bond donors (Lipinski definition) is 1. The molecular formula is C11H16N2O3. The Morgan fingerprint density at radius 2 is 2.44 bits per heavy atom. The lowest BCUT2D eigenvalue weighted by Gasteiger charge is -2.36. The molecule has 1 aliphatic rings. The highest BCUT2D eigenvalue weighted by molar-refractivity contribution is 5.92. The smallest absolute Gasteiger partial charge is 0.291 e. The molecule has 1 aromatic rings. The molecule has 5 heteroatoms. The summed E-state index contributed by atoms with van der Waals surface area (Å²) < 4.78 is 5.06. The maximum absolute atomic E-state index is 12.1. The van der Waals surface area contributed by atoms with Gasteiger partial charge in [-0.3, -0.25) is 4.79 Å². The number of rotatable bonds is 1. The van der Waals surface area contributed by atoms with Gasteiger partial charge in [-0.2, -0.15) is 0 Å². The third-order valence-corrected chi connectivity index (χ3v) is 2.90. The van der Waals surface area contributed by atoms with E-state index in [1.807, 2.05) is 0 Å². The number of aliphatic hydroxyl groups is 1. The summed E-state index contributed by atoms with van der Waals surface area (Å²) >= 11 is 0. The Bertz CT molecular complexity index is 398. The minimum atomic E-state index is -0.790. The maximum Gasteiger partial charge on any atom is 0.291 e. The third-order valence-electron chi connectivity index (χ3n) is 2.90. The molecule has 88 valence electrons. The summed E-state index contributed by atoms with van der Waals surface area (Å²) in [5.74, 6) is 0.0904. The van der Waals surface area contributed by atoms with E-state index in [0.29, 0.717) is 18.8 Å². The van der Waals surface area contributed by atoms with Gasteiger partial charge in [-0.15, -0.1) is 0 Å². The lowest BCUT2D eigenvalue weighted by Crippen LogP contribution is -2.48. The second kappa shape index (κ2) is 3.90. The fraction of sp³-hybridized carbons (Fsp3) is 0.636. The molecule has 0 spiro atoms. The van der Waals surface area contributed by atoms with Crippen LogP contribution in [-0.4, -0.2) is 39.6 Å². The molecule has 0 aromatic carbocycles. The molecule has 0 aliphatic carbocycles. The van der Waals surface area contributed by atoms with E-state index in [9.17, 15) is 9.90 Å². The van der Waals surface area contributed by atoms with Gasteiger partial charge >= 0.3 is 0 Å². The van der Waals surface area contributed by atoms with Crippen molar-refractivity contribution in [2.24, 2.45) is 0 Å². The number of amides is 1. The van der Waals surface area contributed by atoms with E-state index >= 15 is 0 Å². The van der Waals surface area contributed by atoms with Crippen LogP contribution in [0.3, 0.4) is 0 Å².